The van der Waals surface area contributed by atoms with Gasteiger partial charge in [-0.1, -0.05) is 39.8 Å². The van der Waals surface area contributed by atoms with Crippen LogP contribution in [0.1, 0.15) is 54.4 Å². The van der Waals surface area contributed by atoms with E-state index >= 15 is 0 Å². The first-order valence-electron chi connectivity index (χ1n) is 10.6. The van der Waals surface area contributed by atoms with Crippen LogP contribution in [-0.2, 0) is 14.3 Å². The van der Waals surface area contributed by atoms with E-state index in [9.17, 15) is 14.7 Å². The minimum atomic E-state index is -1.34. The molecule has 1 saturated carbocycles. The third-order valence-electron chi connectivity index (χ3n) is 8.12. The zero-order chi connectivity index (χ0) is 21.9. The van der Waals surface area contributed by atoms with Crippen molar-refractivity contribution in [2.75, 3.05) is 6.61 Å². The minimum Gasteiger partial charge on any atom is -0.456 e. The predicted molar refractivity (Wildman–Crippen MR) is 112 cm³/mol. The molecule has 162 valence electrons. The van der Waals surface area contributed by atoms with Crippen LogP contribution in [0.25, 0.3) is 0 Å². The van der Waals surface area contributed by atoms with Gasteiger partial charge in [-0.05, 0) is 48.2 Å². The largest absolute Gasteiger partial charge is 0.456 e. The predicted octanol–water partition coefficient (Wildman–Crippen LogP) is 2.10. The molecule has 0 radical (unpaired) electrons. The van der Waals surface area contributed by atoms with Gasteiger partial charge in [0.15, 0.2) is 5.78 Å². The number of hydrogen-bond acceptors (Lipinski definition) is 6. The highest BCUT2D eigenvalue weighted by Gasteiger charge is 2.69. The van der Waals surface area contributed by atoms with Gasteiger partial charge in [0.25, 0.3) is 0 Å². The Balaban J connectivity index is 2.31. The van der Waals surface area contributed by atoms with Crippen LogP contribution in [-0.4, -0.2) is 41.2 Å². The van der Waals surface area contributed by atoms with Crippen LogP contribution >= 0.6 is 0 Å². The maximum Gasteiger partial charge on any atom is 0.303 e. The molecule has 2 bridgehead atoms. The lowest BCUT2D eigenvalue weighted by molar-refractivity contribution is -0.155. The van der Waals surface area contributed by atoms with Crippen LogP contribution in [0.4, 0.5) is 0 Å². The zero-order valence-corrected chi connectivity index (χ0v) is 18.5. The summed E-state index contributed by atoms with van der Waals surface area (Å²) in [4.78, 5) is 26.1. The van der Waals surface area contributed by atoms with Gasteiger partial charge < -0.3 is 21.3 Å². The zero-order valence-electron chi connectivity index (χ0n) is 18.5. The van der Waals surface area contributed by atoms with Crippen LogP contribution in [0.15, 0.2) is 23.3 Å². The van der Waals surface area contributed by atoms with Gasteiger partial charge in [-0.25, -0.2) is 0 Å². The van der Waals surface area contributed by atoms with E-state index in [0.717, 1.165) is 12.0 Å². The number of esters is 1. The SMILES string of the molecule is CC(=O)OC1C(C)=CC23C(=O)C(C=C(CO)C(N)C12N)CC(C)(C)C(C)C[C@H]3C. The van der Waals surface area contributed by atoms with Crippen LogP contribution < -0.4 is 11.5 Å². The number of ketones is 1. The van der Waals surface area contributed by atoms with Crippen LogP contribution in [0.3, 0.4) is 0 Å². The first-order chi connectivity index (χ1) is 13.3. The highest BCUT2D eigenvalue weighted by molar-refractivity contribution is 5.95. The molecule has 6 unspecified atom stereocenters. The molecule has 0 saturated heterocycles. The van der Waals surface area contributed by atoms with Crippen molar-refractivity contribution < 1.29 is 19.4 Å². The highest BCUT2D eigenvalue weighted by atomic mass is 16.5. The number of nitrogens with two attached hydrogens (primary N) is 2. The summed E-state index contributed by atoms with van der Waals surface area (Å²) >= 11 is 0. The summed E-state index contributed by atoms with van der Waals surface area (Å²) in [5.41, 5.74) is 12.6. The molecule has 0 aliphatic heterocycles. The lowest BCUT2D eigenvalue weighted by atomic mass is 9.53. The number of allylic oxidation sites excluding steroid dienone is 1. The lowest BCUT2D eigenvalue weighted by Gasteiger charge is -2.53. The van der Waals surface area contributed by atoms with Gasteiger partial charge in [0, 0.05) is 12.8 Å². The molecule has 1 spiro atoms. The number of ether oxygens (including phenoxy) is 1. The first-order valence-corrected chi connectivity index (χ1v) is 10.6. The molecular formula is C23H36N2O4. The maximum absolute atomic E-state index is 14.2. The number of aliphatic hydroxyl groups is 1. The molecule has 1 fully saturated rings. The summed E-state index contributed by atoms with van der Waals surface area (Å²) in [6, 6.07) is -0.807. The van der Waals surface area contributed by atoms with E-state index < -0.39 is 35.0 Å². The van der Waals surface area contributed by atoms with E-state index in [1.807, 2.05) is 19.1 Å². The summed E-state index contributed by atoms with van der Waals surface area (Å²) in [5, 5.41) is 10.1. The van der Waals surface area contributed by atoms with E-state index in [-0.39, 0.29) is 23.7 Å². The molecule has 0 aromatic carbocycles. The second-order valence-electron chi connectivity index (χ2n) is 10.3. The molecule has 0 amide bonds. The second kappa shape index (κ2) is 7.03. The van der Waals surface area contributed by atoms with E-state index in [1.54, 1.807) is 0 Å². The van der Waals surface area contributed by atoms with Gasteiger partial charge in [0.2, 0.25) is 0 Å². The quantitative estimate of drug-likeness (QED) is 0.479. The maximum atomic E-state index is 14.2. The number of Topliss-reactive ketones (excluding diaryl/α,β-unsaturated/α-hetero) is 1. The van der Waals surface area contributed by atoms with E-state index in [0.29, 0.717) is 17.9 Å². The number of carbonyl (C=O) groups is 2. The van der Waals surface area contributed by atoms with Crippen molar-refractivity contribution in [1.29, 1.82) is 0 Å². The fraction of sp³-hybridized carbons (Fsp3) is 0.739. The average molecular weight is 405 g/mol. The van der Waals surface area contributed by atoms with Crippen molar-refractivity contribution in [2.45, 2.75) is 72.1 Å². The smallest absolute Gasteiger partial charge is 0.303 e. The Morgan fingerprint density at radius 1 is 1.31 bits per heavy atom. The lowest BCUT2D eigenvalue weighted by Crippen LogP contribution is -2.73. The van der Waals surface area contributed by atoms with Crippen molar-refractivity contribution in [3.8, 4) is 0 Å². The Bertz CT molecular complexity index is 786. The standard InChI is InChI=1S/C23H36N2O4/c1-12-9-22-14(3)7-13(2)21(5,6)10-16(19(22)28)8-17(11-26)18(24)23(22,25)20(12)29-15(4)27/h8-9,13-14,16,18,20,26H,7,10-11,24-25H2,1-6H3/t13?,14-,16?,18?,20?,22?,23?/m1/s1. The van der Waals surface area contributed by atoms with Crippen molar-refractivity contribution in [1.82, 2.24) is 0 Å². The van der Waals surface area contributed by atoms with E-state index in [4.69, 9.17) is 16.2 Å². The molecule has 6 nitrogen and oxygen atoms in total. The second-order valence-corrected chi connectivity index (χ2v) is 10.3. The molecule has 0 heterocycles. The Labute approximate surface area is 173 Å². The summed E-state index contributed by atoms with van der Waals surface area (Å²) in [6.45, 7) is 11.6. The molecule has 7 atom stereocenters. The van der Waals surface area contributed by atoms with Gasteiger partial charge in [0.05, 0.1) is 23.6 Å². The van der Waals surface area contributed by atoms with Gasteiger partial charge in [0.1, 0.15) is 6.10 Å². The van der Waals surface area contributed by atoms with E-state index in [1.165, 1.54) is 6.92 Å². The van der Waals surface area contributed by atoms with Gasteiger partial charge in [-0.2, -0.15) is 0 Å². The Hall–Kier alpha value is -1.50. The molecule has 0 aromatic heterocycles. The average Bonchev–Trinajstić information content (AvgIpc) is 2.82. The van der Waals surface area contributed by atoms with E-state index in [2.05, 4.69) is 27.7 Å². The normalized spacial score (nSPS) is 44.0. The summed E-state index contributed by atoms with van der Waals surface area (Å²) in [6.07, 6.45) is 4.43. The van der Waals surface area contributed by atoms with Gasteiger partial charge >= 0.3 is 5.97 Å². The van der Waals surface area contributed by atoms with Gasteiger partial charge in [-0.3, -0.25) is 9.59 Å². The minimum absolute atomic E-state index is 0.0281. The number of rotatable bonds is 2. The third-order valence-corrected chi connectivity index (χ3v) is 8.12. The molecule has 5 N–H and O–H groups in total. The number of hydrogen-bond donors (Lipinski definition) is 3. The molecular weight excluding hydrogens is 368 g/mol. The van der Waals surface area contributed by atoms with Crippen molar-refractivity contribution in [3.05, 3.63) is 23.3 Å². The molecule has 0 aromatic rings. The molecule has 3 aliphatic carbocycles. The fourth-order valence-corrected chi connectivity index (χ4v) is 6.18. The fourth-order valence-electron chi connectivity index (χ4n) is 6.18. The van der Waals surface area contributed by atoms with Gasteiger partial charge in [-0.15, -0.1) is 0 Å². The Kier molecular flexibility index (Phi) is 5.38. The third kappa shape index (κ3) is 2.94. The van der Waals surface area contributed by atoms with Crippen molar-refractivity contribution >= 4 is 11.8 Å². The topological polar surface area (TPSA) is 116 Å². The van der Waals surface area contributed by atoms with Crippen LogP contribution in [0.5, 0.6) is 0 Å². The number of fused-ring (bicyclic) bond motifs is 1. The van der Waals surface area contributed by atoms with Crippen molar-refractivity contribution in [3.63, 3.8) is 0 Å². The molecule has 3 aliphatic rings. The van der Waals surface area contributed by atoms with Crippen LogP contribution in [0, 0.1) is 28.6 Å². The van der Waals surface area contributed by atoms with Crippen molar-refractivity contribution in [2.24, 2.45) is 40.1 Å². The summed E-state index contributed by atoms with van der Waals surface area (Å²) in [5.74, 6) is -0.567. The molecule has 3 rings (SSSR count). The Morgan fingerprint density at radius 3 is 2.48 bits per heavy atom. The highest BCUT2D eigenvalue weighted by Crippen LogP contribution is 2.59. The summed E-state index contributed by atoms with van der Waals surface area (Å²) in [7, 11) is 0. The number of carbonyl (C=O) groups excluding carboxylic acids is 2. The Morgan fingerprint density at radius 2 is 1.93 bits per heavy atom. The molecule has 6 heteroatoms. The number of aliphatic hydroxyl groups excluding tert-OH is 1. The monoisotopic (exact) mass is 404 g/mol. The van der Waals surface area contributed by atoms with Crippen LogP contribution in [0.2, 0.25) is 0 Å². The first kappa shape index (κ1) is 22.2. The molecule has 29 heavy (non-hydrogen) atoms. The summed E-state index contributed by atoms with van der Waals surface area (Å²) < 4.78 is 5.66.